The van der Waals surface area contributed by atoms with Crippen LogP contribution in [0, 0.1) is 24.8 Å². The van der Waals surface area contributed by atoms with Crippen molar-refractivity contribution in [2.24, 2.45) is 0 Å². The average molecular weight is 747 g/mol. The van der Waals surface area contributed by atoms with Gasteiger partial charge in [0.15, 0.2) is 11.4 Å². The van der Waals surface area contributed by atoms with Crippen LogP contribution in [-0.4, -0.2) is 36.3 Å². The molecule has 0 amide bonds. The molecule has 2 aliphatic heterocycles. The molecule has 0 aliphatic carbocycles. The number of nitriles is 1. The number of allylic oxidation sites excluding steroid dienone is 4. The first-order chi connectivity index (χ1) is 25.7. The third-order valence-electron chi connectivity index (χ3n) is 10.8. The first-order valence-corrected chi connectivity index (χ1v) is 21.0. The Morgan fingerprint density at radius 1 is 0.852 bits per heavy atom. The quantitative estimate of drug-likeness (QED) is 0.0668. The van der Waals surface area contributed by atoms with E-state index in [-0.39, 0.29) is 15.7 Å². The van der Waals surface area contributed by atoms with Crippen LogP contribution in [0.5, 0.6) is 0 Å². The summed E-state index contributed by atoms with van der Waals surface area (Å²) in [5.74, 6) is 0. The van der Waals surface area contributed by atoms with Crippen LogP contribution in [0.1, 0.15) is 128 Å². The Bertz CT molecular complexity index is 2060. The third kappa shape index (κ3) is 9.97. The van der Waals surface area contributed by atoms with Crippen LogP contribution in [0.15, 0.2) is 89.5 Å². The number of unbranched alkanes of at least 4 members (excludes halogenated alkanes) is 8. The van der Waals surface area contributed by atoms with Gasteiger partial charge < -0.3 is 9.45 Å². The Labute approximate surface area is 325 Å². The maximum Gasteiger partial charge on any atom is 0.209 e. The zero-order chi connectivity index (χ0) is 39.5. The minimum atomic E-state index is -4.27. The van der Waals surface area contributed by atoms with E-state index in [9.17, 15) is 18.2 Å². The number of anilines is 1. The minimum absolute atomic E-state index is 0.178. The van der Waals surface area contributed by atoms with E-state index in [2.05, 4.69) is 104 Å². The van der Waals surface area contributed by atoms with E-state index < -0.39 is 10.1 Å². The predicted molar refractivity (Wildman–Crippen MR) is 221 cm³/mol. The van der Waals surface area contributed by atoms with E-state index >= 15 is 0 Å². The van der Waals surface area contributed by atoms with Crippen molar-refractivity contribution in [3.63, 3.8) is 0 Å². The van der Waals surface area contributed by atoms with E-state index in [1.807, 2.05) is 19.1 Å². The lowest BCUT2D eigenvalue weighted by atomic mass is 9.80. The summed E-state index contributed by atoms with van der Waals surface area (Å²) in [6.45, 7) is 25.1. The molecule has 0 saturated carbocycles. The zero-order valence-electron chi connectivity index (χ0n) is 33.4. The molecule has 0 radical (unpaired) electrons. The molecular weight excluding hydrogens is 689 g/mol. The fourth-order valence-corrected chi connectivity index (χ4v) is 8.11. The van der Waals surface area contributed by atoms with Crippen molar-refractivity contribution < 1.29 is 17.5 Å². The summed E-state index contributed by atoms with van der Waals surface area (Å²) >= 11 is 0. The van der Waals surface area contributed by atoms with E-state index in [4.69, 9.17) is 6.57 Å². The second-order valence-corrected chi connectivity index (χ2v) is 17.0. The number of aryl methyl sites for hydroxylation is 1. The number of fused-ring (bicyclic) bond motifs is 2. The molecule has 0 unspecified atom stereocenters. The van der Waals surface area contributed by atoms with Gasteiger partial charge in [0.1, 0.15) is 16.7 Å². The van der Waals surface area contributed by atoms with Gasteiger partial charge in [0.05, 0.1) is 28.5 Å². The highest BCUT2D eigenvalue weighted by molar-refractivity contribution is 7.85. The average Bonchev–Trinajstić information content (AvgIpc) is 3.48. The molecule has 2 heterocycles. The maximum atomic E-state index is 10.4. The molecule has 3 aromatic carbocycles. The third-order valence-corrected chi connectivity index (χ3v) is 11.7. The molecule has 286 valence electrons. The van der Waals surface area contributed by atoms with E-state index in [1.165, 1.54) is 97.4 Å². The second kappa shape index (κ2) is 18.7. The smallest absolute Gasteiger partial charge is 0.209 e. The predicted octanol–water partition coefficient (Wildman–Crippen LogP) is 11.6. The van der Waals surface area contributed by atoms with Gasteiger partial charge in [-0.2, -0.15) is 9.84 Å². The Morgan fingerprint density at radius 2 is 1.50 bits per heavy atom. The first kappa shape index (κ1) is 42.2. The van der Waals surface area contributed by atoms with Crippen LogP contribution >= 0.6 is 0 Å². The summed E-state index contributed by atoms with van der Waals surface area (Å²) in [5.41, 5.74) is 9.52. The van der Waals surface area contributed by atoms with Crippen molar-refractivity contribution in [2.75, 3.05) is 18.0 Å². The van der Waals surface area contributed by atoms with E-state index in [0.29, 0.717) is 5.69 Å². The molecule has 2 aliphatic rings. The molecule has 7 nitrogen and oxygen atoms in total. The lowest BCUT2D eigenvalue weighted by Crippen LogP contribution is -2.28. The first-order valence-electron chi connectivity index (χ1n) is 19.6. The number of hydrogen-bond donors (Lipinski definition) is 0. The monoisotopic (exact) mass is 746 g/mol. The summed E-state index contributed by atoms with van der Waals surface area (Å²) in [7, 11) is -4.27. The highest BCUT2D eigenvalue weighted by Gasteiger charge is 2.44. The second-order valence-electron chi connectivity index (χ2n) is 15.6. The largest absolute Gasteiger partial charge is 0.744 e. The highest BCUT2D eigenvalue weighted by atomic mass is 32.2. The molecule has 3 aromatic rings. The Morgan fingerprint density at radius 3 is 2.11 bits per heavy atom. The van der Waals surface area contributed by atoms with Gasteiger partial charge in [-0.25, -0.2) is 13.3 Å². The molecule has 0 spiro atoms. The molecule has 0 N–H and O–H groups in total. The topological polar surface area (TPSA) is 91.6 Å². The molecule has 54 heavy (non-hydrogen) atoms. The fourth-order valence-electron chi connectivity index (χ4n) is 7.64. The standard InChI is InChI=1S/C39H51N4.C7H8O3S/c1-8-10-12-14-16-25-42-34-23-21-30(29-40)27-32(34)38(3,4)36(42)19-18-20-37-39(5,6)33-28-31(41-7)22-24-35(33)43(37)26-17-15-13-11-9-2;1-6-2-4-7(5-3-6)11(8,9)10/h18-24,27-28H,8-17,25-26H2,1-6H3;2-5H,1H3,(H,8,9,10)/q+1;/p-1. The normalized spacial score (nSPS) is 16.2. The lowest BCUT2D eigenvalue weighted by Gasteiger charge is -2.27. The summed E-state index contributed by atoms with van der Waals surface area (Å²) < 4.78 is 33.7. The molecule has 0 atom stereocenters. The molecule has 8 heteroatoms. The molecule has 0 fully saturated rings. The summed E-state index contributed by atoms with van der Waals surface area (Å²) in [4.78, 5) is 6.07. The number of benzene rings is 3. The Kier molecular flexibility index (Phi) is 14.6. The van der Waals surface area contributed by atoms with Crippen molar-refractivity contribution in [3.8, 4) is 6.07 Å². The molecule has 0 bridgehead atoms. The van der Waals surface area contributed by atoms with Crippen LogP contribution in [-0.2, 0) is 20.9 Å². The van der Waals surface area contributed by atoms with Gasteiger partial charge in [0, 0.05) is 47.5 Å². The number of nitrogens with zero attached hydrogens (tertiary/aromatic N) is 4. The van der Waals surface area contributed by atoms with Crippen LogP contribution < -0.4 is 4.90 Å². The lowest BCUT2D eigenvalue weighted by molar-refractivity contribution is -0.438. The summed E-state index contributed by atoms with van der Waals surface area (Å²) in [6.07, 6.45) is 19.3. The molecular formula is C46H58N4O3S. The summed E-state index contributed by atoms with van der Waals surface area (Å²) in [5, 5.41) is 9.63. The van der Waals surface area contributed by atoms with E-state index in [1.54, 1.807) is 12.1 Å². The van der Waals surface area contributed by atoms with Crippen LogP contribution in [0.3, 0.4) is 0 Å². The van der Waals surface area contributed by atoms with Gasteiger partial charge in [0.2, 0.25) is 5.69 Å². The van der Waals surface area contributed by atoms with Crippen molar-refractivity contribution in [2.45, 2.75) is 128 Å². The van der Waals surface area contributed by atoms with Crippen molar-refractivity contribution >= 4 is 32.9 Å². The Balaban J connectivity index is 0.000000506. The maximum absolute atomic E-state index is 10.4. The van der Waals surface area contributed by atoms with Crippen LogP contribution in [0.4, 0.5) is 17.1 Å². The van der Waals surface area contributed by atoms with Crippen LogP contribution in [0.25, 0.3) is 4.85 Å². The van der Waals surface area contributed by atoms with Gasteiger partial charge in [-0.05, 0) is 75.6 Å². The summed E-state index contributed by atoms with van der Waals surface area (Å²) in [6, 6.07) is 20.5. The number of hydrogen-bond acceptors (Lipinski definition) is 5. The van der Waals surface area contributed by atoms with Gasteiger partial charge in [0.25, 0.3) is 0 Å². The Hall–Kier alpha value is -4.50. The van der Waals surface area contributed by atoms with Gasteiger partial charge in [-0.1, -0.05) is 109 Å². The van der Waals surface area contributed by atoms with Crippen molar-refractivity contribution in [1.82, 2.24) is 0 Å². The SMILES string of the molecule is Cc1ccc(S(=O)(=O)[O-])cc1.[C-]#[N+]c1ccc2c(c1)C(C)(C)C(=CC=CC1=[N+](CCCCCCC)c3ccc(C#N)cc3C1(C)C)N2CCCCCCC. The zero-order valence-corrected chi connectivity index (χ0v) is 34.2. The van der Waals surface area contributed by atoms with Crippen molar-refractivity contribution in [3.05, 3.63) is 118 Å². The molecule has 0 saturated heterocycles. The molecule has 5 rings (SSSR count). The van der Waals surface area contributed by atoms with Gasteiger partial charge in [-0.3, -0.25) is 0 Å². The molecule has 0 aromatic heterocycles. The fraction of sp³-hybridized carbons (Fsp3) is 0.457. The van der Waals surface area contributed by atoms with Gasteiger partial charge >= 0.3 is 0 Å². The van der Waals surface area contributed by atoms with Crippen LogP contribution in [0.2, 0.25) is 0 Å². The highest BCUT2D eigenvalue weighted by Crippen LogP contribution is 2.49. The van der Waals surface area contributed by atoms with E-state index in [0.717, 1.165) is 37.1 Å². The van der Waals surface area contributed by atoms with Crippen molar-refractivity contribution in [1.29, 1.82) is 5.26 Å². The minimum Gasteiger partial charge on any atom is -0.744 e. The number of rotatable bonds is 15. The van der Waals surface area contributed by atoms with Gasteiger partial charge in [-0.15, -0.1) is 0 Å².